The van der Waals surface area contributed by atoms with Gasteiger partial charge in [0.25, 0.3) is 5.91 Å². The number of hydrazone groups is 1. The molecule has 1 heterocycles. The molecular formula is C17H20BrN3O5S. The topological polar surface area (TPSA) is 101 Å². The Morgan fingerprint density at radius 1 is 1.37 bits per heavy atom. The lowest BCUT2D eigenvalue weighted by Gasteiger charge is -2.27. The Morgan fingerprint density at radius 3 is 2.48 bits per heavy atom. The molecule has 0 saturated heterocycles. The second-order valence-corrected chi connectivity index (χ2v) is 8.43. The summed E-state index contributed by atoms with van der Waals surface area (Å²) in [6.45, 7) is 3.25. The van der Waals surface area contributed by atoms with Crippen molar-refractivity contribution in [3.63, 3.8) is 0 Å². The van der Waals surface area contributed by atoms with E-state index in [0.29, 0.717) is 23.0 Å². The Kier molecular flexibility index (Phi) is 6.66. The minimum atomic E-state index is -3.71. The molecule has 8 nitrogen and oxygen atoms in total. The molecule has 0 aliphatic carbocycles. The number of nitrogens with one attached hydrogen (secondary N) is 1. The van der Waals surface area contributed by atoms with Gasteiger partial charge in [-0.2, -0.15) is 5.10 Å². The normalized spacial score (nSPS) is 12.8. The number of halogens is 1. The van der Waals surface area contributed by atoms with Crippen molar-refractivity contribution in [3.05, 3.63) is 46.3 Å². The highest BCUT2D eigenvalue weighted by atomic mass is 79.9. The van der Waals surface area contributed by atoms with E-state index in [9.17, 15) is 13.2 Å². The molecular weight excluding hydrogens is 438 g/mol. The van der Waals surface area contributed by atoms with Gasteiger partial charge < -0.3 is 9.15 Å². The lowest BCUT2D eigenvalue weighted by molar-refractivity contribution is -0.121. The van der Waals surface area contributed by atoms with Crippen molar-refractivity contribution >= 4 is 43.8 Å². The summed E-state index contributed by atoms with van der Waals surface area (Å²) in [5.74, 6) is 1.12. The van der Waals surface area contributed by atoms with E-state index in [1.807, 2.05) is 0 Å². The van der Waals surface area contributed by atoms with Crippen LogP contribution in [0.3, 0.4) is 0 Å². The maximum atomic E-state index is 12.4. The van der Waals surface area contributed by atoms with E-state index in [1.54, 1.807) is 37.3 Å². The van der Waals surface area contributed by atoms with Gasteiger partial charge in [-0.05, 0) is 54.0 Å². The van der Waals surface area contributed by atoms with E-state index >= 15 is 0 Å². The molecule has 1 aromatic heterocycles. The largest absolute Gasteiger partial charge is 0.497 e. The number of nitrogens with zero attached hydrogens (tertiary/aromatic N) is 2. The number of ether oxygens (including phenoxy) is 1. The molecule has 2 rings (SSSR count). The van der Waals surface area contributed by atoms with Crippen LogP contribution in [0.2, 0.25) is 0 Å². The van der Waals surface area contributed by atoms with Crippen molar-refractivity contribution in [2.45, 2.75) is 19.9 Å². The van der Waals surface area contributed by atoms with Gasteiger partial charge in [0.2, 0.25) is 10.0 Å². The zero-order valence-electron chi connectivity index (χ0n) is 15.3. The van der Waals surface area contributed by atoms with Crippen LogP contribution in [0.5, 0.6) is 5.75 Å². The summed E-state index contributed by atoms with van der Waals surface area (Å²) in [4.78, 5) is 12.4. The van der Waals surface area contributed by atoms with E-state index in [-0.39, 0.29) is 0 Å². The number of hydrogen-bond acceptors (Lipinski definition) is 6. The summed E-state index contributed by atoms with van der Waals surface area (Å²) >= 11 is 3.31. The Morgan fingerprint density at radius 2 is 2.00 bits per heavy atom. The highest BCUT2D eigenvalue weighted by Gasteiger charge is 2.29. The molecule has 10 heteroatoms. The molecule has 0 aliphatic heterocycles. The van der Waals surface area contributed by atoms with E-state index in [1.165, 1.54) is 20.2 Å². The highest BCUT2D eigenvalue weighted by Crippen LogP contribution is 2.24. The molecule has 1 atom stereocenters. The maximum absolute atomic E-state index is 12.4. The van der Waals surface area contributed by atoms with Gasteiger partial charge in [-0.25, -0.2) is 13.8 Å². The molecule has 146 valence electrons. The van der Waals surface area contributed by atoms with E-state index in [2.05, 4.69) is 26.5 Å². The maximum Gasteiger partial charge on any atom is 0.263 e. The van der Waals surface area contributed by atoms with Crippen LogP contribution < -0.4 is 14.5 Å². The number of sulfonamides is 1. The lowest BCUT2D eigenvalue weighted by atomic mass is 10.2. The summed E-state index contributed by atoms with van der Waals surface area (Å²) in [6, 6.07) is 7.05. The molecule has 1 amide bonds. The van der Waals surface area contributed by atoms with Crippen molar-refractivity contribution in [1.29, 1.82) is 0 Å². The molecule has 0 saturated carbocycles. The van der Waals surface area contributed by atoms with Crippen LogP contribution in [0.25, 0.3) is 0 Å². The predicted molar refractivity (Wildman–Crippen MR) is 107 cm³/mol. The number of carbonyl (C=O) groups is 1. The second-order valence-electron chi connectivity index (χ2n) is 5.72. The summed E-state index contributed by atoms with van der Waals surface area (Å²) in [5.41, 5.74) is 2.67. The average molecular weight is 458 g/mol. The molecule has 0 aliphatic rings. The number of hydrogen-bond donors (Lipinski definition) is 1. The van der Waals surface area contributed by atoms with Crippen LogP contribution in [0, 0.1) is 6.92 Å². The van der Waals surface area contributed by atoms with Crippen LogP contribution in [0.4, 0.5) is 5.69 Å². The van der Waals surface area contributed by atoms with Crippen molar-refractivity contribution in [2.24, 2.45) is 5.10 Å². The third-order valence-corrected chi connectivity index (χ3v) is 5.69. The van der Waals surface area contributed by atoms with Gasteiger partial charge >= 0.3 is 0 Å². The number of methoxy groups -OCH3 is 1. The molecule has 1 aromatic carbocycles. The van der Waals surface area contributed by atoms with Crippen LogP contribution in [-0.2, 0) is 14.8 Å². The van der Waals surface area contributed by atoms with Gasteiger partial charge in [-0.1, -0.05) is 0 Å². The van der Waals surface area contributed by atoms with Gasteiger partial charge in [0.1, 0.15) is 23.3 Å². The van der Waals surface area contributed by atoms with Gasteiger partial charge in [-0.3, -0.25) is 9.10 Å². The third-order valence-electron chi connectivity index (χ3n) is 3.66. The van der Waals surface area contributed by atoms with Crippen LogP contribution in [-0.4, -0.2) is 39.9 Å². The zero-order chi connectivity index (χ0) is 20.2. The molecule has 0 spiro atoms. The smallest absolute Gasteiger partial charge is 0.263 e. The summed E-state index contributed by atoms with van der Waals surface area (Å²) in [7, 11) is -2.20. The highest BCUT2D eigenvalue weighted by molar-refractivity contribution is 9.10. The lowest BCUT2D eigenvalue weighted by Crippen LogP contribution is -2.46. The molecule has 0 fully saturated rings. The van der Waals surface area contributed by atoms with Crippen LogP contribution in [0.1, 0.15) is 18.4 Å². The predicted octanol–water partition coefficient (Wildman–Crippen LogP) is 2.66. The summed E-state index contributed by atoms with van der Waals surface area (Å²) in [6.07, 6.45) is 2.37. The van der Waals surface area contributed by atoms with Gasteiger partial charge in [-0.15, -0.1) is 0 Å². The molecule has 0 unspecified atom stereocenters. The number of aryl methyl sites for hydroxylation is 1. The van der Waals surface area contributed by atoms with Gasteiger partial charge in [0, 0.05) is 6.07 Å². The first-order valence-electron chi connectivity index (χ1n) is 7.85. The van der Waals surface area contributed by atoms with Crippen molar-refractivity contribution in [3.8, 4) is 5.75 Å². The first-order chi connectivity index (χ1) is 12.6. The molecule has 1 N–H and O–H groups in total. The van der Waals surface area contributed by atoms with Gasteiger partial charge in [0.15, 0.2) is 0 Å². The van der Waals surface area contributed by atoms with E-state index < -0.39 is 22.0 Å². The average Bonchev–Trinajstić information content (AvgIpc) is 2.92. The fourth-order valence-corrected chi connectivity index (χ4v) is 3.82. The molecule has 27 heavy (non-hydrogen) atoms. The number of anilines is 1. The molecule has 0 bridgehead atoms. The fraction of sp³-hybridized carbons (Fsp3) is 0.294. The van der Waals surface area contributed by atoms with Crippen LogP contribution in [0.15, 0.2) is 44.3 Å². The monoisotopic (exact) mass is 457 g/mol. The summed E-state index contributed by atoms with van der Waals surface area (Å²) < 4.78 is 36.7. The number of amides is 1. The summed E-state index contributed by atoms with van der Waals surface area (Å²) in [5, 5.41) is 3.82. The Bertz CT molecular complexity index is 918. The van der Waals surface area contributed by atoms with Gasteiger partial charge in [0.05, 0.1) is 29.7 Å². The quantitative estimate of drug-likeness (QED) is 0.508. The molecule has 0 radical (unpaired) electrons. The van der Waals surface area contributed by atoms with E-state index in [0.717, 1.165) is 15.0 Å². The second kappa shape index (κ2) is 8.57. The van der Waals surface area contributed by atoms with E-state index in [4.69, 9.17) is 9.15 Å². The van der Waals surface area contributed by atoms with Crippen molar-refractivity contribution in [2.75, 3.05) is 17.7 Å². The number of carbonyl (C=O) groups excluding carboxylic acids is 1. The van der Waals surface area contributed by atoms with Crippen molar-refractivity contribution in [1.82, 2.24) is 5.43 Å². The first-order valence-corrected chi connectivity index (χ1v) is 10.5. The zero-order valence-corrected chi connectivity index (χ0v) is 17.7. The SMILES string of the molecule is COc1ccc(N([C@@H](C)C(=O)N/N=C\c2cc(Br)c(C)o2)S(C)(=O)=O)cc1. The third kappa shape index (κ3) is 5.33. The number of furan rings is 1. The Hall–Kier alpha value is -2.33. The number of benzene rings is 1. The minimum Gasteiger partial charge on any atom is -0.497 e. The Labute approximate surface area is 166 Å². The standard InChI is InChI=1S/C17H20BrN3O5S/c1-11(17(22)20-19-10-15-9-16(18)12(2)26-15)21(27(4,23)24)13-5-7-14(25-3)8-6-13/h5-11H,1-4H3,(H,20,22)/b19-10-/t11-/m0/s1. The number of rotatable bonds is 7. The minimum absolute atomic E-state index is 0.343. The van der Waals surface area contributed by atoms with Crippen molar-refractivity contribution < 1.29 is 22.4 Å². The molecule has 2 aromatic rings. The first kappa shape index (κ1) is 21.0. The van der Waals surface area contributed by atoms with Crippen LogP contribution >= 0.6 is 15.9 Å². The Balaban J connectivity index is 2.16. The fourth-order valence-electron chi connectivity index (χ4n) is 2.34.